The van der Waals surface area contributed by atoms with Crippen molar-refractivity contribution in [2.24, 2.45) is 0 Å². The minimum absolute atomic E-state index is 0.0711. The predicted octanol–water partition coefficient (Wildman–Crippen LogP) is 2.83. The van der Waals surface area contributed by atoms with Gasteiger partial charge in [0.1, 0.15) is 5.75 Å². The molecule has 1 atom stereocenters. The maximum Gasteiger partial charge on any atom is 0.237 e. The molecule has 0 radical (unpaired) electrons. The van der Waals surface area contributed by atoms with Crippen LogP contribution in [-0.4, -0.2) is 50.1 Å². The molecule has 1 fully saturated rings. The van der Waals surface area contributed by atoms with E-state index in [-0.39, 0.29) is 11.9 Å². The number of hydrogen-bond donors (Lipinski definition) is 1. The Hall–Kier alpha value is -2.53. The third-order valence-electron chi connectivity index (χ3n) is 5.21. The Balaban J connectivity index is 1.49. The first kappa shape index (κ1) is 19.2. The summed E-state index contributed by atoms with van der Waals surface area (Å²) < 4.78 is 5.23. The van der Waals surface area contributed by atoms with Crippen LogP contribution in [0.2, 0.25) is 0 Å². The molecule has 1 aliphatic heterocycles. The van der Waals surface area contributed by atoms with Crippen LogP contribution in [-0.2, 0) is 11.3 Å². The van der Waals surface area contributed by atoms with Crippen LogP contribution in [0.1, 0.15) is 18.1 Å². The number of piperazine rings is 1. The highest BCUT2D eigenvalue weighted by molar-refractivity contribution is 5.81. The Morgan fingerprint density at radius 2 is 1.85 bits per heavy atom. The van der Waals surface area contributed by atoms with E-state index in [1.165, 1.54) is 11.3 Å². The van der Waals surface area contributed by atoms with Gasteiger partial charge in [-0.15, -0.1) is 0 Å². The first-order valence-corrected chi connectivity index (χ1v) is 9.53. The molecule has 144 valence electrons. The molecule has 27 heavy (non-hydrogen) atoms. The normalized spacial score (nSPS) is 16.0. The van der Waals surface area contributed by atoms with Crippen LogP contribution in [0.4, 0.5) is 5.69 Å². The minimum Gasteiger partial charge on any atom is -0.497 e. The van der Waals surface area contributed by atoms with E-state index in [1.54, 1.807) is 7.11 Å². The molecule has 5 heteroatoms. The van der Waals surface area contributed by atoms with Crippen LogP contribution in [0.15, 0.2) is 48.5 Å². The highest BCUT2D eigenvalue weighted by Crippen LogP contribution is 2.19. The van der Waals surface area contributed by atoms with Gasteiger partial charge in [-0.2, -0.15) is 0 Å². The number of ether oxygens (including phenoxy) is 1. The topological polar surface area (TPSA) is 44.8 Å². The molecule has 1 heterocycles. The summed E-state index contributed by atoms with van der Waals surface area (Å²) in [5.74, 6) is 0.879. The zero-order chi connectivity index (χ0) is 19.2. The average molecular weight is 367 g/mol. The first-order chi connectivity index (χ1) is 13.1. The Morgan fingerprint density at radius 3 is 2.56 bits per heavy atom. The van der Waals surface area contributed by atoms with Crippen molar-refractivity contribution in [1.82, 2.24) is 10.2 Å². The minimum atomic E-state index is -0.129. The Kier molecular flexibility index (Phi) is 6.35. The fourth-order valence-corrected chi connectivity index (χ4v) is 3.48. The van der Waals surface area contributed by atoms with Crippen molar-refractivity contribution in [3.8, 4) is 5.75 Å². The molecule has 0 saturated carbocycles. The molecule has 1 aliphatic rings. The standard InChI is InChI=1S/C22H29N3O2/c1-17-6-4-8-20(14-17)25-12-10-24(11-13-25)18(2)22(26)23-16-19-7-5-9-21(15-19)27-3/h4-9,14-15,18H,10-13,16H2,1-3H3,(H,23,26). The van der Waals surface area contributed by atoms with Gasteiger partial charge in [0.25, 0.3) is 0 Å². The zero-order valence-electron chi connectivity index (χ0n) is 16.4. The van der Waals surface area contributed by atoms with Gasteiger partial charge in [-0.1, -0.05) is 24.3 Å². The highest BCUT2D eigenvalue weighted by Gasteiger charge is 2.25. The predicted molar refractivity (Wildman–Crippen MR) is 109 cm³/mol. The van der Waals surface area contributed by atoms with Crippen LogP contribution in [0.5, 0.6) is 5.75 Å². The number of methoxy groups -OCH3 is 1. The Morgan fingerprint density at radius 1 is 1.11 bits per heavy atom. The van der Waals surface area contributed by atoms with Gasteiger partial charge in [-0.05, 0) is 49.2 Å². The van der Waals surface area contributed by atoms with Crippen LogP contribution >= 0.6 is 0 Å². The fourth-order valence-electron chi connectivity index (χ4n) is 3.48. The lowest BCUT2D eigenvalue weighted by atomic mass is 10.1. The van der Waals surface area contributed by atoms with E-state index in [0.717, 1.165) is 37.5 Å². The lowest BCUT2D eigenvalue weighted by Crippen LogP contribution is -2.53. The quantitative estimate of drug-likeness (QED) is 0.853. The van der Waals surface area contributed by atoms with E-state index >= 15 is 0 Å². The Bertz CT molecular complexity index is 770. The number of anilines is 1. The number of carbonyl (C=O) groups excluding carboxylic acids is 1. The summed E-state index contributed by atoms with van der Waals surface area (Å²) in [5, 5.41) is 3.05. The molecular weight excluding hydrogens is 338 g/mol. The third-order valence-corrected chi connectivity index (χ3v) is 5.21. The van der Waals surface area contributed by atoms with Crippen LogP contribution < -0.4 is 15.0 Å². The summed E-state index contributed by atoms with van der Waals surface area (Å²) in [6.07, 6.45) is 0. The number of carbonyl (C=O) groups is 1. The molecule has 2 aromatic rings. The van der Waals surface area contributed by atoms with E-state index in [9.17, 15) is 4.79 Å². The van der Waals surface area contributed by atoms with E-state index in [2.05, 4.69) is 46.3 Å². The number of rotatable bonds is 6. The summed E-state index contributed by atoms with van der Waals surface area (Å²) in [4.78, 5) is 17.2. The van der Waals surface area contributed by atoms with Crippen molar-refractivity contribution in [3.63, 3.8) is 0 Å². The second kappa shape index (κ2) is 8.91. The van der Waals surface area contributed by atoms with Crippen molar-refractivity contribution in [2.45, 2.75) is 26.4 Å². The number of hydrogen-bond acceptors (Lipinski definition) is 4. The molecule has 0 aromatic heterocycles. The van der Waals surface area contributed by atoms with Gasteiger partial charge < -0.3 is 15.0 Å². The number of benzene rings is 2. The number of aryl methyl sites for hydroxylation is 1. The van der Waals surface area contributed by atoms with Crippen molar-refractivity contribution < 1.29 is 9.53 Å². The van der Waals surface area contributed by atoms with E-state index < -0.39 is 0 Å². The van der Waals surface area contributed by atoms with E-state index in [4.69, 9.17) is 4.74 Å². The van der Waals surface area contributed by atoms with Gasteiger partial charge in [0, 0.05) is 38.4 Å². The van der Waals surface area contributed by atoms with E-state index in [0.29, 0.717) is 6.54 Å². The zero-order valence-corrected chi connectivity index (χ0v) is 16.4. The van der Waals surface area contributed by atoms with Crippen LogP contribution in [0.25, 0.3) is 0 Å². The molecule has 0 bridgehead atoms. The largest absolute Gasteiger partial charge is 0.497 e. The molecule has 1 amide bonds. The molecule has 0 spiro atoms. The lowest BCUT2D eigenvalue weighted by molar-refractivity contribution is -0.126. The molecular formula is C22H29N3O2. The summed E-state index contributed by atoms with van der Waals surface area (Å²) in [6.45, 7) is 8.29. The monoisotopic (exact) mass is 367 g/mol. The van der Waals surface area contributed by atoms with Gasteiger partial charge in [0.2, 0.25) is 5.91 Å². The number of amides is 1. The maximum absolute atomic E-state index is 12.6. The molecule has 1 unspecified atom stereocenters. The smallest absolute Gasteiger partial charge is 0.237 e. The SMILES string of the molecule is COc1cccc(CNC(=O)C(C)N2CCN(c3cccc(C)c3)CC2)c1. The number of nitrogens with zero attached hydrogens (tertiary/aromatic N) is 2. The van der Waals surface area contributed by atoms with Crippen LogP contribution in [0, 0.1) is 6.92 Å². The second-order valence-corrected chi connectivity index (χ2v) is 7.11. The summed E-state index contributed by atoms with van der Waals surface area (Å²) in [6, 6.07) is 16.3. The second-order valence-electron chi connectivity index (χ2n) is 7.11. The van der Waals surface area contributed by atoms with Crippen molar-refractivity contribution in [3.05, 3.63) is 59.7 Å². The van der Waals surface area contributed by atoms with Crippen molar-refractivity contribution >= 4 is 11.6 Å². The van der Waals surface area contributed by atoms with Gasteiger partial charge in [0.15, 0.2) is 0 Å². The summed E-state index contributed by atoms with van der Waals surface area (Å²) in [7, 11) is 1.65. The van der Waals surface area contributed by atoms with Crippen molar-refractivity contribution in [2.75, 3.05) is 38.2 Å². The number of nitrogens with one attached hydrogen (secondary N) is 1. The average Bonchev–Trinajstić information content (AvgIpc) is 2.71. The summed E-state index contributed by atoms with van der Waals surface area (Å²) in [5.41, 5.74) is 3.59. The lowest BCUT2D eigenvalue weighted by Gasteiger charge is -2.38. The van der Waals surface area contributed by atoms with Crippen molar-refractivity contribution in [1.29, 1.82) is 0 Å². The molecule has 0 aliphatic carbocycles. The van der Waals surface area contributed by atoms with E-state index in [1.807, 2.05) is 31.2 Å². The molecule has 1 N–H and O–H groups in total. The third kappa shape index (κ3) is 5.01. The summed E-state index contributed by atoms with van der Waals surface area (Å²) >= 11 is 0. The molecule has 5 nitrogen and oxygen atoms in total. The maximum atomic E-state index is 12.6. The molecule has 2 aromatic carbocycles. The molecule has 3 rings (SSSR count). The van der Waals surface area contributed by atoms with Crippen LogP contribution in [0.3, 0.4) is 0 Å². The van der Waals surface area contributed by atoms with Gasteiger partial charge in [0.05, 0.1) is 13.2 Å². The first-order valence-electron chi connectivity index (χ1n) is 9.53. The van der Waals surface area contributed by atoms with Gasteiger partial charge >= 0.3 is 0 Å². The fraction of sp³-hybridized carbons (Fsp3) is 0.409. The van der Waals surface area contributed by atoms with Gasteiger partial charge in [-0.3, -0.25) is 9.69 Å². The Labute approximate surface area is 161 Å². The molecule has 1 saturated heterocycles. The van der Waals surface area contributed by atoms with Gasteiger partial charge in [-0.25, -0.2) is 0 Å². The highest BCUT2D eigenvalue weighted by atomic mass is 16.5.